The van der Waals surface area contributed by atoms with Gasteiger partial charge in [0.25, 0.3) is 0 Å². The summed E-state index contributed by atoms with van der Waals surface area (Å²) in [5, 5.41) is 17.1. The van der Waals surface area contributed by atoms with Gasteiger partial charge in [-0.1, -0.05) is 90.2 Å². The number of benzene rings is 3. The van der Waals surface area contributed by atoms with Crippen molar-refractivity contribution in [3.8, 4) is 17.1 Å². The van der Waals surface area contributed by atoms with E-state index in [9.17, 15) is 0 Å². The molecule has 3 aromatic carbocycles. The van der Waals surface area contributed by atoms with E-state index in [0.717, 1.165) is 33.2 Å². The smallest absolute Gasteiger partial charge is 0.180 e. The van der Waals surface area contributed by atoms with Crippen LogP contribution in [0.4, 0.5) is 0 Å². The van der Waals surface area contributed by atoms with Gasteiger partial charge in [-0.25, -0.2) is 10.1 Å². The van der Waals surface area contributed by atoms with Crippen LogP contribution in [0.2, 0.25) is 20.1 Å². The molecule has 0 saturated carbocycles. The van der Waals surface area contributed by atoms with Crippen molar-refractivity contribution in [3.63, 3.8) is 0 Å². The van der Waals surface area contributed by atoms with Gasteiger partial charge in [-0.15, -0.1) is 5.10 Å². The SMILES string of the molecule is CC(C)(c1ccc(Cl)c(Cl)c1)c1cnc(SCc2ccc(Cl)c(-c3nnn[nH]3)c2)n1-c1cccc(Cl)c1. The molecule has 2 aromatic heterocycles. The fourth-order valence-electron chi connectivity index (χ4n) is 4.04. The van der Waals surface area contributed by atoms with Crippen LogP contribution in [0, 0.1) is 0 Å². The number of halogens is 4. The van der Waals surface area contributed by atoms with Crippen molar-refractivity contribution in [3.05, 3.63) is 104 Å². The molecule has 0 aliphatic rings. The highest BCUT2D eigenvalue weighted by Crippen LogP contribution is 2.39. The summed E-state index contributed by atoms with van der Waals surface area (Å²) in [6.45, 7) is 4.27. The van der Waals surface area contributed by atoms with Crippen LogP contribution in [0.5, 0.6) is 0 Å². The zero-order valence-corrected chi connectivity index (χ0v) is 23.6. The molecule has 0 spiro atoms. The highest BCUT2D eigenvalue weighted by molar-refractivity contribution is 7.98. The monoisotopic (exact) mass is 588 g/mol. The van der Waals surface area contributed by atoms with Gasteiger partial charge in [-0.3, -0.25) is 4.57 Å². The number of imidazole rings is 1. The maximum Gasteiger partial charge on any atom is 0.180 e. The Bertz CT molecular complexity index is 1570. The lowest BCUT2D eigenvalue weighted by Gasteiger charge is -2.28. The van der Waals surface area contributed by atoms with Crippen LogP contribution in [-0.2, 0) is 11.2 Å². The summed E-state index contributed by atoms with van der Waals surface area (Å²) in [6.07, 6.45) is 1.90. The summed E-state index contributed by atoms with van der Waals surface area (Å²) in [5.74, 6) is 1.17. The zero-order valence-electron chi connectivity index (χ0n) is 19.7. The van der Waals surface area contributed by atoms with E-state index in [0.29, 0.717) is 31.7 Å². The maximum absolute atomic E-state index is 6.39. The van der Waals surface area contributed by atoms with Gasteiger partial charge in [-0.2, -0.15) is 0 Å². The van der Waals surface area contributed by atoms with E-state index >= 15 is 0 Å². The van der Waals surface area contributed by atoms with Gasteiger partial charge >= 0.3 is 0 Å². The molecule has 0 aliphatic carbocycles. The number of aromatic amines is 1. The lowest BCUT2D eigenvalue weighted by molar-refractivity contribution is 0.593. The molecule has 6 nitrogen and oxygen atoms in total. The predicted molar refractivity (Wildman–Crippen MR) is 151 cm³/mol. The third kappa shape index (κ3) is 5.38. The zero-order chi connectivity index (χ0) is 26.2. The van der Waals surface area contributed by atoms with Gasteiger partial charge in [0.2, 0.25) is 0 Å². The Hall–Kier alpha value is -2.55. The third-order valence-corrected chi connectivity index (χ3v) is 8.40. The molecule has 37 heavy (non-hydrogen) atoms. The number of aromatic nitrogens is 6. The van der Waals surface area contributed by atoms with Gasteiger partial charge in [0.15, 0.2) is 11.0 Å². The second-order valence-corrected chi connectivity index (χ2v) is 11.4. The number of nitrogens with zero attached hydrogens (tertiary/aromatic N) is 5. The van der Waals surface area contributed by atoms with Gasteiger partial charge in [0, 0.05) is 27.4 Å². The van der Waals surface area contributed by atoms with Crippen molar-refractivity contribution in [2.45, 2.75) is 30.2 Å². The summed E-state index contributed by atoms with van der Waals surface area (Å²) in [5.41, 5.74) is 4.27. The minimum absolute atomic E-state index is 0.435. The summed E-state index contributed by atoms with van der Waals surface area (Å²) in [4.78, 5) is 4.82. The minimum atomic E-state index is -0.435. The Morgan fingerprint density at radius 3 is 2.46 bits per heavy atom. The first kappa shape index (κ1) is 26.1. The van der Waals surface area contributed by atoms with Gasteiger partial charge in [0.1, 0.15) is 0 Å². The number of H-pyrrole nitrogens is 1. The Morgan fingerprint density at radius 2 is 1.73 bits per heavy atom. The average Bonchev–Trinajstić information content (AvgIpc) is 3.56. The van der Waals surface area contributed by atoms with Gasteiger partial charge < -0.3 is 0 Å². The topological polar surface area (TPSA) is 72.3 Å². The molecule has 5 aromatic rings. The Morgan fingerprint density at radius 1 is 0.919 bits per heavy atom. The maximum atomic E-state index is 6.39. The molecule has 0 saturated heterocycles. The second kappa shape index (κ2) is 10.7. The number of tetrazole rings is 1. The number of thioether (sulfide) groups is 1. The fraction of sp³-hybridized carbons (Fsp3) is 0.154. The van der Waals surface area contributed by atoms with Crippen molar-refractivity contribution in [2.75, 3.05) is 0 Å². The molecule has 0 atom stereocenters. The normalized spacial score (nSPS) is 11.7. The molecular formula is C26H20Cl4N6S. The first-order chi connectivity index (χ1) is 17.7. The van der Waals surface area contributed by atoms with Crippen LogP contribution in [0.3, 0.4) is 0 Å². The number of hydrogen-bond donors (Lipinski definition) is 1. The summed E-state index contributed by atoms with van der Waals surface area (Å²) in [6, 6.07) is 19.2. The lowest BCUT2D eigenvalue weighted by atomic mass is 9.81. The van der Waals surface area contributed by atoms with Crippen LogP contribution >= 0.6 is 58.2 Å². The molecule has 0 bridgehead atoms. The van der Waals surface area contributed by atoms with Crippen molar-refractivity contribution >= 4 is 58.2 Å². The van der Waals surface area contributed by atoms with E-state index in [1.165, 1.54) is 0 Å². The van der Waals surface area contributed by atoms with Gasteiger partial charge in [0.05, 0.1) is 27.0 Å². The minimum Gasteiger partial charge on any atom is -0.291 e. The molecule has 0 amide bonds. The second-order valence-electron chi connectivity index (χ2n) is 8.85. The quantitative estimate of drug-likeness (QED) is 0.193. The van der Waals surface area contributed by atoms with E-state index in [1.807, 2.05) is 66.9 Å². The molecule has 5 rings (SSSR count). The first-order valence-electron chi connectivity index (χ1n) is 11.2. The Balaban J connectivity index is 1.53. The fourth-order valence-corrected chi connectivity index (χ4v) is 5.66. The predicted octanol–water partition coefficient (Wildman–Crippen LogP) is 8.28. The number of nitrogens with one attached hydrogen (secondary N) is 1. The Kier molecular flexibility index (Phi) is 7.52. The molecule has 188 valence electrons. The summed E-state index contributed by atoms with van der Waals surface area (Å²) >= 11 is 26.9. The molecule has 0 fully saturated rings. The van der Waals surface area contributed by atoms with Crippen LogP contribution in [0.15, 0.2) is 72.0 Å². The summed E-state index contributed by atoms with van der Waals surface area (Å²) < 4.78 is 2.14. The van der Waals surface area contributed by atoms with E-state index in [4.69, 9.17) is 51.4 Å². The van der Waals surface area contributed by atoms with E-state index in [-0.39, 0.29) is 0 Å². The van der Waals surface area contributed by atoms with Crippen LogP contribution < -0.4 is 0 Å². The van der Waals surface area contributed by atoms with E-state index in [1.54, 1.807) is 11.8 Å². The Labute approximate surface area is 238 Å². The summed E-state index contributed by atoms with van der Waals surface area (Å²) in [7, 11) is 0. The van der Waals surface area contributed by atoms with E-state index < -0.39 is 5.41 Å². The largest absolute Gasteiger partial charge is 0.291 e. The third-order valence-electron chi connectivity index (χ3n) is 6.08. The van der Waals surface area contributed by atoms with Crippen molar-refractivity contribution in [1.29, 1.82) is 0 Å². The molecule has 11 heteroatoms. The standard InChI is InChI=1S/C26H20Cl4N6S/c1-26(2,16-7-9-21(29)22(30)11-16)23-13-31-25(36(23)18-5-3-4-17(27)12-18)37-14-15-6-8-20(28)19(10-15)24-32-34-35-33-24/h3-13H,14H2,1-2H3,(H,32,33,34,35). The molecular weight excluding hydrogens is 570 g/mol. The average molecular weight is 590 g/mol. The van der Waals surface area contributed by atoms with Crippen LogP contribution in [0.1, 0.15) is 30.7 Å². The molecule has 0 aliphatic heterocycles. The molecule has 0 unspecified atom stereocenters. The lowest BCUT2D eigenvalue weighted by Crippen LogP contribution is -2.23. The first-order valence-corrected chi connectivity index (χ1v) is 13.7. The van der Waals surface area contributed by atoms with E-state index in [2.05, 4.69) is 39.0 Å². The van der Waals surface area contributed by atoms with Crippen LogP contribution in [0.25, 0.3) is 17.1 Å². The van der Waals surface area contributed by atoms with Gasteiger partial charge in [-0.05, 0) is 64.0 Å². The van der Waals surface area contributed by atoms with Crippen molar-refractivity contribution < 1.29 is 0 Å². The highest BCUT2D eigenvalue weighted by Gasteiger charge is 2.30. The molecule has 0 radical (unpaired) electrons. The highest BCUT2D eigenvalue weighted by atomic mass is 35.5. The molecule has 1 N–H and O–H groups in total. The number of hydrogen-bond acceptors (Lipinski definition) is 5. The van der Waals surface area contributed by atoms with Crippen LogP contribution in [-0.4, -0.2) is 30.2 Å². The molecule has 2 heterocycles. The van der Waals surface area contributed by atoms with Crippen molar-refractivity contribution in [2.24, 2.45) is 0 Å². The number of rotatable bonds is 7. The van der Waals surface area contributed by atoms with Crippen molar-refractivity contribution in [1.82, 2.24) is 30.2 Å².